The van der Waals surface area contributed by atoms with Crippen LogP contribution in [-0.2, 0) is 9.59 Å². The van der Waals surface area contributed by atoms with Crippen LogP contribution < -0.4 is 10.4 Å². The Hall–Kier alpha value is -2.85. The SMILES string of the molecule is Cc1ccc(N2NC(=O)/C(=C/C=C/c3ccccc3Cl)C2=O)cc1C. The first-order valence-corrected chi connectivity index (χ1v) is 8.21. The number of carbonyl (C=O) groups excluding carboxylic acids is 2. The molecule has 2 aromatic rings. The zero-order valence-corrected chi connectivity index (χ0v) is 14.7. The van der Waals surface area contributed by atoms with Crippen molar-refractivity contribution >= 4 is 35.2 Å². The topological polar surface area (TPSA) is 49.4 Å². The minimum Gasteiger partial charge on any atom is -0.267 e. The molecule has 0 atom stereocenters. The molecular formula is C20H17ClN2O2. The number of amides is 2. The molecule has 0 unspecified atom stereocenters. The number of hydrogen-bond acceptors (Lipinski definition) is 2. The molecule has 1 saturated heterocycles. The Morgan fingerprint density at radius 1 is 1.04 bits per heavy atom. The maximum atomic E-state index is 12.5. The van der Waals surface area contributed by atoms with Gasteiger partial charge in [-0.2, -0.15) is 0 Å². The lowest BCUT2D eigenvalue weighted by atomic mass is 10.1. The first kappa shape index (κ1) is 17.0. The highest BCUT2D eigenvalue weighted by molar-refractivity contribution is 6.32. The van der Waals surface area contributed by atoms with Gasteiger partial charge < -0.3 is 0 Å². The Labute approximate surface area is 151 Å². The van der Waals surface area contributed by atoms with Gasteiger partial charge in [0.05, 0.1) is 5.69 Å². The third-order valence-electron chi connectivity index (χ3n) is 4.08. The van der Waals surface area contributed by atoms with Crippen LogP contribution in [0.1, 0.15) is 16.7 Å². The lowest BCUT2D eigenvalue weighted by Crippen LogP contribution is -2.35. The summed E-state index contributed by atoms with van der Waals surface area (Å²) in [6.07, 6.45) is 4.91. The van der Waals surface area contributed by atoms with Gasteiger partial charge in [0.1, 0.15) is 5.57 Å². The second kappa shape index (κ2) is 6.95. The van der Waals surface area contributed by atoms with E-state index in [9.17, 15) is 9.59 Å². The van der Waals surface area contributed by atoms with E-state index in [4.69, 9.17) is 11.6 Å². The predicted molar refractivity (Wildman–Crippen MR) is 100 cm³/mol. The molecule has 3 rings (SSSR count). The summed E-state index contributed by atoms with van der Waals surface area (Å²) in [5, 5.41) is 1.88. The first-order valence-electron chi connectivity index (χ1n) is 7.83. The molecule has 2 aromatic carbocycles. The number of aryl methyl sites for hydroxylation is 2. The molecule has 0 bridgehead atoms. The number of nitrogens with zero attached hydrogens (tertiary/aromatic N) is 1. The van der Waals surface area contributed by atoms with Crippen molar-refractivity contribution in [1.82, 2.24) is 5.43 Å². The van der Waals surface area contributed by atoms with E-state index in [-0.39, 0.29) is 11.5 Å². The van der Waals surface area contributed by atoms with Crippen molar-refractivity contribution in [2.75, 3.05) is 5.01 Å². The Kier molecular flexibility index (Phi) is 4.72. The minimum atomic E-state index is -0.424. The van der Waals surface area contributed by atoms with Gasteiger partial charge in [-0.05, 0) is 54.8 Å². The molecule has 0 radical (unpaired) electrons. The zero-order chi connectivity index (χ0) is 18.0. The van der Waals surface area contributed by atoms with Gasteiger partial charge in [0.2, 0.25) is 0 Å². The number of anilines is 1. The number of allylic oxidation sites excluding steroid dienone is 2. The summed E-state index contributed by atoms with van der Waals surface area (Å²) in [6, 6.07) is 12.9. The average molecular weight is 353 g/mol. The highest BCUT2D eigenvalue weighted by Gasteiger charge is 2.34. The molecule has 25 heavy (non-hydrogen) atoms. The summed E-state index contributed by atoms with van der Waals surface area (Å²) in [5.41, 5.74) is 6.31. The predicted octanol–water partition coefficient (Wildman–Crippen LogP) is 3.97. The number of hydrazine groups is 1. The fourth-order valence-corrected chi connectivity index (χ4v) is 2.68. The lowest BCUT2D eigenvalue weighted by molar-refractivity contribution is -0.117. The lowest BCUT2D eigenvalue weighted by Gasteiger charge is -2.15. The van der Waals surface area contributed by atoms with Gasteiger partial charge in [-0.15, -0.1) is 0 Å². The first-order chi connectivity index (χ1) is 12.0. The maximum Gasteiger partial charge on any atom is 0.282 e. The molecule has 4 nitrogen and oxygen atoms in total. The van der Waals surface area contributed by atoms with Crippen molar-refractivity contribution in [2.24, 2.45) is 0 Å². The molecule has 0 aromatic heterocycles. The number of halogens is 1. The van der Waals surface area contributed by atoms with Crippen molar-refractivity contribution in [3.05, 3.63) is 81.9 Å². The summed E-state index contributed by atoms with van der Waals surface area (Å²) in [7, 11) is 0. The van der Waals surface area contributed by atoms with E-state index in [0.717, 1.165) is 16.7 Å². The summed E-state index contributed by atoms with van der Waals surface area (Å²) in [5.74, 6) is -0.802. The van der Waals surface area contributed by atoms with Crippen LogP contribution >= 0.6 is 11.6 Å². The maximum absolute atomic E-state index is 12.5. The van der Waals surface area contributed by atoms with E-state index >= 15 is 0 Å². The quantitative estimate of drug-likeness (QED) is 0.671. The Morgan fingerprint density at radius 2 is 1.80 bits per heavy atom. The van der Waals surface area contributed by atoms with E-state index in [1.165, 1.54) is 11.1 Å². The highest BCUT2D eigenvalue weighted by atomic mass is 35.5. The van der Waals surface area contributed by atoms with E-state index in [2.05, 4.69) is 5.43 Å². The van der Waals surface area contributed by atoms with E-state index < -0.39 is 5.91 Å². The van der Waals surface area contributed by atoms with Crippen molar-refractivity contribution in [1.29, 1.82) is 0 Å². The molecule has 1 N–H and O–H groups in total. The smallest absolute Gasteiger partial charge is 0.267 e. The van der Waals surface area contributed by atoms with Crippen molar-refractivity contribution in [3.63, 3.8) is 0 Å². The van der Waals surface area contributed by atoms with E-state index in [1.807, 2.05) is 50.2 Å². The normalized spacial score (nSPS) is 16.1. The molecule has 0 spiro atoms. The molecule has 1 heterocycles. The van der Waals surface area contributed by atoms with Crippen molar-refractivity contribution in [3.8, 4) is 0 Å². The third-order valence-corrected chi connectivity index (χ3v) is 4.43. The Balaban J connectivity index is 1.83. The summed E-state index contributed by atoms with van der Waals surface area (Å²) in [6.45, 7) is 3.96. The molecule has 1 fully saturated rings. The standard InChI is InChI=1S/C20H17ClN2O2/c1-13-10-11-16(12-14(13)2)23-20(25)17(19(24)22-23)8-5-7-15-6-3-4-9-18(15)21/h3-12H,1-2H3,(H,22,24)/b7-5+,17-8-. The number of carbonyl (C=O) groups is 2. The molecule has 2 amide bonds. The number of nitrogens with one attached hydrogen (secondary N) is 1. The van der Waals surface area contributed by atoms with Crippen LogP contribution in [0.2, 0.25) is 5.02 Å². The molecule has 0 saturated carbocycles. The average Bonchev–Trinajstić information content (AvgIpc) is 2.87. The summed E-state index contributed by atoms with van der Waals surface area (Å²) in [4.78, 5) is 24.7. The van der Waals surface area contributed by atoms with Crippen LogP contribution in [0.25, 0.3) is 6.08 Å². The zero-order valence-electron chi connectivity index (χ0n) is 13.9. The molecule has 5 heteroatoms. The molecule has 1 aliphatic rings. The van der Waals surface area contributed by atoms with Gasteiger partial charge in [-0.25, -0.2) is 5.01 Å². The van der Waals surface area contributed by atoms with Gasteiger partial charge in [-0.3, -0.25) is 15.0 Å². The fourth-order valence-electron chi connectivity index (χ4n) is 2.48. The molecule has 0 aliphatic carbocycles. The van der Waals surface area contributed by atoms with E-state index in [0.29, 0.717) is 10.7 Å². The van der Waals surface area contributed by atoms with Crippen LogP contribution in [0.5, 0.6) is 0 Å². The minimum absolute atomic E-state index is 0.0848. The van der Waals surface area contributed by atoms with Crippen LogP contribution in [0, 0.1) is 13.8 Å². The number of benzene rings is 2. The Bertz CT molecular complexity index is 916. The highest BCUT2D eigenvalue weighted by Crippen LogP contribution is 2.23. The monoisotopic (exact) mass is 352 g/mol. The van der Waals surface area contributed by atoms with Gasteiger partial charge >= 0.3 is 0 Å². The largest absolute Gasteiger partial charge is 0.282 e. The van der Waals surface area contributed by atoms with Crippen LogP contribution in [0.15, 0.2) is 60.2 Å². The molecular weight excluding hydrogens is 336 g/mol. The molecule has 126 valence electrons. The third kappa shape index (κ3) is 3.49. The second-order valence-corrected chi connectivity index (χ2v) is 6.22. The number of rotatable bonds is 3. The van der Waals surface area contributed by atoms with Gasteiger partial charge in [0.15, 0.2) is 0 Å². The van der Waals surface area contributed by atoms with Crippen molar-refractivity contribution < 1.29 is 9.59 Å². The van der Waals surface area contributed by atoms with Gasteiger partial charge in [0.25, 0.3) is 11.8 Å². The summed E-state index contributed by atoms with van der Waals surface area (Å²) < 4.78 is 0. The van der Waals surface area contributed by atoms with Crippen molar-refractivity contribution in [2.45, 2.75) is 13.8 Å². The van der Waals surface area contributed by atoms with Gasteiger partial charge in [-0.1, -0.05) is 48.0 Å². The summed E-state index contributed by atoms with van der Waals surface area (Å²) >= 11 is 6.08. The molecule has 1 aliphatic heterocycles. The Morgan fingerprint density at radius 3 is 2.52 bits per heavy atom. The fraction of sp³-hybridized carbons (Fsp3) is 0.100. The van der Waals surface area contributed by atoms with E-state index in [1.54, 1.807) is 18.2 Å². The van der Waals surface area contributed by atoms with Crippen LogP contribution in [0.3, 0.4) is 0 Å². The van der Waals surface area contributed by atoms with Crippen LogP contribution in [0.4, 0.5) is 5.69 Å². The number of hydrogen-bond donors (Lipinski definition) is 1. The second-order valence-electron chi connectivity index (χ2n) is 5.81. The van der Waals surface area contributed by atoms with Crippen LogP contribution in [-0.4, -0.2) is 11.8 Å². The van der Waals surface area contributed by atoms with Gasteiger partial charge in [0, 0.05) is 5.02 Å².